The highest BCUT2D eigenvalue weighted by Gasteiger charge is 2.12. The van der Waals surface area contributed by atoms with Crippen molar-refractivity contribution in [1.82, 2.24) is 4.57 Å². The molecule has 114 valence electrons. The summed E-state index contributed by atoms with van der Waals surface area (Å²) in [6.07, 6.45) is 2.35. The Balaban J connectivity index is 2.32. The Hall–Kier alpha value is -2.89. The van der Waals surface area contributed by atoms with Crippen LogP contribution in [-0.4, -0.2) is 29.3 Å². The zero-order valence-corrected chi connectivity index (χ0v) is 12.3. The number of hydrogen-bond acceptors (Lipinski definition) is 4. The Bertz CT molecular complexity index is 701. The number of aldehydes is 1. The van der Waals surface area contributed by atoms with Crippen LogP contribution < -0.4 is 5.32 Å². The number of amides is 1. The van der Waals surface area contributed by atoms with Crippen LogP contribution >= 0.6 is 0 Å². The molecule has 22 heavy (non-hydrogen) atoms. The van der Waals surface area contributed by atoms with Crippen LogP contribution in [0.5, 0.6) is 0 Å². The molecular formula is C16H16N2O4. The molecule has 0 atom stereocenters. The van der Waals surface area contributed by atoms with E-state index in [9.17, 15) is 14.4 Å². The number of hydrogen-bond donors (Lipinski definition) is 1. The first-order chi connectivity index (χ1) is 10.6. The zero-order chi connectivity index (χ0) is 16.1. The van der Waals surface area contributed by atoms with Gasteiger partial charge in [-0.2, -0.15) is 0 Å². The number of anilines is 1. The molecule has 0 saturated heterocycles. The van der Waals surface area contributed by atoms with Gasteiger partial charge in [0.05, 0.1) is 17.9 Å². The highest BCUT2D eigenvalue weighted by atomic mass is 16.5. The van der Waals surface area contributed by atoms with Crippen LogP contribution in [0.1, 0.15) is 34.7 Å². The number of rotatable bonds is 5. The Morgan fingerprint density at radius 2 is 1.91 bits per heavy atom. The quantitative estimate of drug-likeness (QED) is 0.679. The van der Waals surface area contributed by atoms with Gasteiger partial charge in [-0.25, -0.2) is 4.79 Å². The molecule has 6 heteroatoms. The lowest BCUT2D eigenvalue weighted by atomic mass is 10.2. The minimum Gasteiger partial charge on any atom is -0.462 e. The summed E-state index contributed by atoms with van der Waals surface area (Å²) in [5.74, 6) is -0.644. The summed E-state index contributed by atoms with van der Waals surface area (Å²) < 4.78 is 6.55. The molecule has 2 rings (SSSR count). The van der Waals surface area contributed by atoms with Crippen molar-refractivity contribution in [2.45, 2.75) is 13.8 Å². The fraction of sp³-hybridized carbons (Fsp3) is 0.188. The summed E-state index contributed by atoms with van der Waals surface area (Å²) in [5, 5.41) is 2.60. The van der Waals surface area contributed by atoms with Crippen molar-refractivity contribution in [2.75, 3.05) is 11.9 Å². The minimum absolute atomic E-state index is 0.251. The standard InChI is InChI=1S/C16H16N2O4/c1-3-22-16(21)12-4-6-13(7-5-12)18-9-8-14(15(18)10-19)17-11(2)20/h4-10H,3H2,1-2H3,(H,17,20). The van der Waals surface area contributed by atoms with E-state index in [2.05, 4.69) is 5.32 Å². The molecule has 0 unspecified atom stereocenters. The lowest BCUT2D eigenvalue weighted by molar-refractivity contribution is -0.114. The van der Waals surface area contributed by atoms with E-state index < -0.39 is 5.97 Å². The summed E-state index contributed by atoms with van der Waals surface area (Å²) >= 11 is 0. The van der Waals surface area contributed by atoms with Crippen molar-refractivity contribution in [3.8, 4) is 5.69 Å². The third kappa shape index (κ3) is 3.22. The number of aromatic nitrogens is 1. The maximum Gasteiger partial charge on any atom is 0.338 e. The Morgan fingerprint density at radius 3 is 2.45 bits per heavy atom. The van der Waals surface area contributed by atoms with Gasteiger partial charge >= 0.3 is 5.97 Å². The molecule has 1 amide bonds. The summed E-state index contributed by atoms with van der Waals surface area (Å²) in [6, 6.07) is 8.30. The first kappa shape index (κ1) is 15.5. The number of nitrogens with zero attached hydrogens (tertiary/aromatic N) is 1. The molecule has 1 heterocycles. The van der Waals surface area contributed by atoms with Gasteiger partial charge < -0.3 is 14.6 Å². The minimum atomic E-state index is -0.392. The van der Waals surface area contributed by atoms with E-state index in [0.29, 0.717) is 35.5 Å². The smallest absolute Gasteiger partial charge is 0.338 e. The molecule has 0 spiro atoms. The van der Waals surface area contributed by atoms with Crippen LogP contribution in [0.3, 0.4) is 0 Å². The summed E-state index contributed by atoms with van der Waals surface area (Å²) in [7, 11) is 0. The van der Waals surface area contributed by atoms with Crippen LogP contribution in [0, 0.1) is 0 Å². The van der Waals surface area contributed by atoms with Crippen LogP contribution in [0.2, 0.25) is 0 Å². The van der Waals surface area contributed by atoms with E-state index in [1.54, 1.807) is 48.0 Å². The Kier molecular flexibility index (Phi) is 4.73. The van der Waals surface area contributed by atoms with E-state index in [1.165, 1.54) is 6.92 Å². The van der Waals surface area contributed by atoms with Crippen LogP contribution in [0.15, 0.2) is 36.5 Å². The predicted molar refractivity (Wildman–Crippen MR) is 81.4 cm³/mol. The van der Waals surface area contributed by atoms with E-state index in [1.807, 2.05) is 0 Å². The van der Waals surface area contributed by atoms with Gasteiger partial charge in [-0.3, -0.25) is 9.59 Å². The molecule has 0 aliphatic carbocycles. The molecule has 0 fully saturated rings. The molecule has 6 nitrogen and oxygen atoms in total. The van der Waals surface area contributed by atoms with Crippen molar-refractivity contribution < 1.29 is 19.1 Å². The van der Waals surface area contributed by atoms with Crippen molar-refractivity contribution in [3.63, 3.8) is 0 Å². The van der Waals surface area contributed by atoms with E-state index in [-0.39, 0.29) is 5.91 Å². The molecule has 1 N–H and O–H groups in total. The third-order valence-electron chi connectivity index (χ3n) is 3.00. The fourth-order valence-electron chi connectivity index (χ4n) is 2.06. The predicted octanol–water partition coefficient (Wildman–Crippen LogP) is 2.42. The van der Waals surface area contributed by atoms with E-state index in [0.717, 1.165) is 0 Å². The zero-order valence-electron chi connectivity index (χ0n) is 12.3. The molecule has 1 aromatic heterocycles. The number of carbonyl (C=O) groups is 3. The van der Waals surface area contributed by atoms with Crippen molar-refractivity contribution in [1.29, 1.82) is 0 Å². The highest BCUT2D eigenvalue weighted by molar-refractivity contribution is 5.95. The van der Waals surface area contributed by atoms with E-state index >= 15 is 0 Å². The van der Waals surface area contributed by atoms with Crippen molar-refractivity contribution in [2.24, 2.45) is 0 Å². The van der Waals surface area contributed by atoms with Gasteiger partial charge in [-0.1, -0.05) is 0 Å². The largest absolute Gasteiger partial charge is 0.462 e. The monoisotopic (exact) mass is 300 g/mol. The number of ether oxygens (including phenoxy) is 1. The fourth-order valence-corrected chi connectivity index (χ4v) is 2.06. The Morgan fingerprint density at radius 1 is 1.23 bits per heavy atom. The van der Waals surface area contributed by atoms with Gasteiger partial charge in [-0.15, -0.1) is 0 Å². The summed E-state index contributed by atoms with van der Waals surface area (Å²) in [5.41, 5.74) is 1.91. The van der Waals surface area contributed by atoms with Gasteiger partial charge in [-0.05, 0) is 37.3 Å². The average Bonchev–Trinajstić information content (AvgIpc) is 2.89. The molecule has 0 saturated carbocycles. The van der Waals surface area contributed by atoms with E-state index in [4.69, 9.17) is 4.74 Å². The Labute approximate surface area is 127 Å². The third-order valence-corrected chi connectivity index (χ3v) is 3.00. The number of benzene rings is 1. The lowest BCUT2D eigenvalue weighted by Gasteiger charge is -2.08. The molecule has 0 aliphatic heterocycles. The second-order valence-corrected chi connectivity index (χ2v) is 4.55. The van der Waals surface area contributed by atoms with Crippen LogP contribution in [-0.2, 0) is 9.53 Å². The molecule has 1 aromatic carbocycles. The number of nitrogens with one attached hydrogen (secondary N) is 1. The average molecular weight is 300 g/mol. The highest BCUT2D eigenvalue weighted by Crippen LogP contribution is 2.20. The maximum atomic E-state index is 11.6. The molecule has 0 bridgehead atoms. The van der Waals surface area contributed by atoms with Crippen LogP contribution in [0.4, 0.5) is 5.69 Å². The van der Waals surface area contributed by atoms with Gasteiger partial charge in [0.1, 0.15) is 5.69 Å². The first-order valence-corrected chi connectivity index (χ1v) is 6.78. The first-order valence-electron chi connectivity index (χ1n) is 6.78. The number of carbonyl (C=O) groups excluding carboxylic acids is 3. The van der Waals surface area contributed by atoms with Gasteiger partial charge in [0.2, 0.25) is 5.91 Å². The normalized spacial score (nSPS) is 10.1. The van der Waals surface area contributed by atoms with Gasteiger partial charge in [0.15, 0.2) is 6.29 Å². The molecule has 0 radical (unpaired) electrons. The van der Waals surface area contributed by atoms with Crippen molar-refractivity contribution >= 4 is 23.9 Å². The van der Waals surface area contributed by atoms with Crippen molar-refractivity contribution in [3.05, 3.63) is 47.8 Å². The molecule has 2 aromatic rings. The second kappa shape index (κ2) is 6.71. The maximum absolute atomic E-state index is 11.6. The number of esters is 1. The van der Waals surface area contributed by atoms with Gasteiger partial charge in [0.25, 0.3) is 0 Å². The molecular weight excluding hydrogens is 284 g/mol. The molecule has 0 aliphatic rings. The summed E-state index contributed by atoms with van der Waals surface area (Å²) in [6.45, 7) is 3.43. The SMILES string of the molecule is CCOC(=O)c1ccc(-n2ccc(NC(C)=O)c2C=O)cc1. The van der Waals surface area contributed by atoms with Gasteiger partial charge in [0, 0.05) is 18.8 Å². The summed E-state index contributed by atoms with van der Waals surface area (Å²) in [4.78, 5) is 34.0. The van der Waals surface area contributed by atoms with Crippen LogP contribution in [0.25, 0.3) is 5.69 Å². The topological polar surface area (TPSA) is 77.4 Å². The second-order valence-electron chi connectivity index (χ2n) is 4.55. The lowest BCUT2D eigenvalue weighted by Crippen LogP contribution is -2.08.